The number of aromatic nitrogens is 2. The van der Waals surface area contributed by atoms with Crippen LogP contribution in [0.25, 0.3) is 10.9 Å². The van der Waals surface area contributed by atoms with Gasteiger partial charge in [0, 0.05) is 45.2 Å². The maximum Gasteiger partial charge on any atom is 0.401 e. The van der Waals surface area contributed by atoms with Gasteiger partial charge >= 0.3 is 6.18 Å². The van der Waals surface area contributed by atoms with E-state index < -0.39 is 12.7 Å². The van der Waals surface area contributed by atoms with Crippen LogP contribution in [0, 0.1) is 0 Å². The fourth-order valence-electron chi connectivity index (χ4n) is 3.84. The zero-order valence-electron chi connectivity index (χ0n) is 18.2. The molecular weight excluding hydrogens is 429 g/mol. The maximum atomic E-state index is 12.8. The predicted octanol–water partition coefficient (Wildman–Crippen LogP) is 2.29. The lowest BCUT2D eigenvalue weighted by Crippen LogP contribution is -2.38. The van der Waals surface area contributed by atoms with Crippen molar-refractivity contribution in [2.24, 2.45) is 0 Å². The van der Waals surface area contributed by atoms with E-state index in [9.17, 15) is 22.8 Å². The minimum absolute atomic E-state index is 0.118. The van der Waals surface area contributed by atoms with Crippen molar-refractivity contribution in [3.05, 3.63) is 28.8 Å². The Hall–Kier alpha value is -2.82. The molecule has 32 heavy (non-hydrogen) atoms. The molecule has 0 aliphatic carbocycles. The van der Waals surface area contributed by atoms with Crippen molar-refractivity contribution in [2.75, 3.05) is 46.9 Å². The van der Waals surface area contributed by atoms with Crippen LogP contribution in [0.2, 0.25) is 0 Å². The quantitative estimate of drug-likeness (QED) is 0.637. The molecule has 1 saturated heterocycles. The van der Waals surface area contributed by atoms with Gasteiger partial charge in [0.15, 0.2) is 11.5 Å². The van der Waals surface area contributed by atoms with E-state index in [2.05, 4.69) is 4.98 Å². The monoisotopic (exact) mass is 456 g/mol. The first-order chi connectivity index (χ1) is 15.2. The number of ether oxygens (including phenoxy) is 2. The lowest BCUT2D eigenvalue weighted by atomic mass is 10.2. The van der Waals surface area contributed by atoms with Crippen molar-refractivity contribution in [3.8, 4) is 11.5 Å². The maximum absolute atomic E-state index is 12.8. The number of fused-ring (bicyclic) bond motifs is 1. The number of methoxy groups -OCH3 is 2. The first-order valence-corrected chi connectivity index (χ1v) is 10.4. The summed E-state index contributed by atoms with van der Waals surface area (Å²) in [5.74, 6) is 0.779. The number of nitrogens with zero attached hydrogens (tertiary/aromatic N) is 4. The van der Waals surface area contributed by atoms with Crippen LogP contribution in [0.3, 0.4) is 0 Å². The van der Waals surface area contributed by atoms with Crippen molar-refractivity contribution in [1.29, 1.82) is 0 Å². The number of benzene rings is 1. The molecule has 0 unspecified atom stereocenters. The van der Waals surface area contributed by atoms with Gasteiger partial charge in [-0.15, -0.1) is 0 Å². The van der Waals surface area contributed by atoms with Gasteiger partial charge in [-0.2, -0.15) is 13.2 Å². The molecule has 0 radical (unpaired) electrons. The van der Waals surface area contributed by atoms with Crippen molar-refractivity contribution in [2.45, 2.75) is 32.0 Å². The molecule has 1 aliphatic heterocycles. The zero-order valence-corrected chi connectivity index (χ0v) is 18.2. The van der Waals surface area contributed by atoms with Crippen molar-refractivity contribution < 1.29 is 27.4 Å². The Morgan fingerprint density at radius 1 is 1.09 bits per heavy atom. The molecule has 11 heteroatoms. The molecule has 2 heterocycles. The summed E-state index contributed by atoms with van der Waals surface area (Å²) in [6, 6.07) is 3.21. The Bertz CT molecular complexity index is 1010. The van der Waals surface area contributed by atoms with Crippen LogP contribution in [-0.4, -0.2) is 78.4 Å². The third-order valence-corrected chi connectivity index (χ3v) is 5.46. The molecule has 3 rings (SSSR count). The van der Waals surface area contributed by atoms with Gasteiger partial charge in [0.2, 0.25) is 5.91 Å². The highest BCUT2D eigenvalue weighted by molar-refractivity contribution is 5.81. The molecule has 2 aromatic rings. The molecule has 1 fully saturated rings. The fraction of sp³-hybridized carbons (Fsp3) is 0.571. The number of hydrogen-bond acceptors (Lipinski definition) is 6. The highest BCUT2D eigenvalue weighted by Crippen LogP contribution is 2.29. The van der Waals surface area contributed by atoms with Crippen LogP contribution in [0.4, 0.5) is 13.2 Å². The highest BCUT2D eigenvalue weighted by atomic mass is 19.4. The smallest absolute Gasteiger partial charge is 0.401 e. The Balaban J connectivity index is 1.58. The Labute approximate surface area is 183 Å². The molecule has 0 bridgehead atoms. The average molecular weight is 456 g/mol. The largest absolute Gasteiger partial charge is 0.493 e. The van der Waals surface area contributed by atoms with Gasteiger partial charge in [-0.25, -0.2) is 4.98 Å². The molecule has 0 saturated carbocycles. The number of carbonyl (C=O) groups excluding carboxylic acids is 1. The van der Waals surface area contributed by atoms with E-state index in [0.29, 0.717) is 54.9 Å². The van der Waals surface area contributed by atoms with E-state index in [-0.39, 0.29) is 31.0 Å². The van der Waals surface area contributed by atoms with Gasteiger partial charge in [0.25, 0.3) is 5.56 Å². The van der Waals surface area contributed by atoms with Gasteiger partial charge in [-0.05, 0) is 18.9 Å². The topological polar surface area (TPSA) is 76.9 Å². The average Bonchev–Trinajstić information content (AvgIpc) is 2.98. The molecule has 8 nitrogen and oxygen atoms in total. The van der Waals surface area contributed by atoms with E-state index in [1.165, 1.54) is 30.0 Å². The number of rotatable bonds is 7. The van der Waals surface area contributed by atoms with Crippen LogP contribution >= 0.6 is 0 Å². The lowest BCUT2D eigenvalue weighted by molar-refractivity contribution is -0.145. The predicted molar refractivity (Wildman–Crippen MR) is 112 cm³/mol. The van der Waals surface area contributed by atoms with Crippen LogP contribution in [0.1, 0.15) is 19.3 Å². The Kier molecular flexibility index (Phi) is 7.60. The molecular formula is C21H27F3N4O4. The van der Waals surface area contributed by atoms with Gasteiger partial charge in [-0.1, -0.05) is 0 Å². The van der Waals surface area contributed by atoms with E-state index in [0.717, 1.165) is 0 Å². The molecule has 176 valence electrons. The van der Waals surface area contributed by atoms with Gasteiger partial charge in [0.1, 0.15) is 0 Å². The summed E-state index contributed by atoms with van der Waals surface area (Å²) in [6.45, 7) is 0.570. The highest BCUT2D eigenvalue weighted by Gasteiger charge is 2.31. The van der Waals surface area contributed by atoms with E-state index >= 15 is 0 Å². The van der Waals surface area contributed by atoms with Crippen molar-refractivity contribution in [3.63, 3.8) is 0 Å². The van der Waals surface area contributed by atoms with E-state index in [4.69, 9.17) is 9.47 Å². The summed E-state index contributed by atoms with van der Waals surface area (Å²) in [4.78, 5) is 32.6. The van der Waals surface area contributed by atoms with Crippen LogP contribution in [0.5, 0.6) is 11.5 Å². The number of hydrogen-bond donors (Lipinski definition) is 0. The lowest BCUT2D eigenvalue weighted by Gasteiger charge is -2.22. The van der Waals surface area contributed by atoms with Crippen molar-refractivity contribution >= 4 is 16.8 Å². The summed E-state index contributed by atoms with van der Waals surface area (Å²) < 4.78 is 49.7. The number of amides is 1. The third-order valence-electron chi connectivity index (χ3n) is 5.46. The first-order valence-electron chi connectivity index (χ1n) is 10.4. The van der Waals surface area contributed by atoms with Crippen LogP contribution in [-0.2, 0) is 11.3 Å². The number of alkyl halides is 3. The second-order valence-electron chi connectivity index (χ2n) is 7.70. The van der Waals surface area contributed by atoms with Crippen LogP contribution < -0.4 is 15.0 Å². The van der Waals surface area contributed by atoms with Crippen molar-refractivity contribution in [1.82, 2.24) is 19.4 Å². The number of aryl methyl sites for hydroxylation is 1. The molecule has 0 atom stereocenters. The molecule has 0 N–H and O–H groups in total. The van der Waals surface area contributed by atoms with Crippen LogP contribution in [0.15, 0.2) is 23.3 Å². The number of carbonyl (C=O) groups is 1. The van der Waals surface area contributed by atoms with Gasteiger partial charge < -0.3 is 14.4 Å². The van der Waals surface area contributed by atoms with E-state index in [1.807, 2.05) is 0 Å². The summed E-state index contributed by atoms with van der Waals surface area (Å²) >= 11 is 0. The Morgan fingerprint density at radius 2 is 1.81 bits per heavy atom. The standard InChI is InChI=1S/C21H27F3N4O4/c1-31-17-11-15-16(12-18(17)32-2)25-14-28(20(15)30)7-3-5-19(29)27-8-4-6-26(9-10-27)13-21(22,23)24/h11-12,14H,3-10,13H2,1-2H3. The second-order valence-corrected chi connectivity index (χ2v) is 7.70. The zero-order chi connectivity index (χ0) is 23.3. The van der Waals surface area contributed by atoms with E-state index in [1.54, 1.807) is 17.0 Å². The first kappa shape index (κ1) is 23.8. The summed E-state index contributed by atoms with van der Waals surface area (Å²) in [7, 11) is 2.98. The van der Waals surface area contributed by atoms with Gasteiger partial charge in [-0.3, -0.25) is 19.1 Å². The summed E-state index contributed by atoms with van der Waals surface area (Å²) in [5.41, 5.74) is 0.230. The van der Waals surface area contributed by atoms with Gasteiger partial charge in [0.05, 0.1) is 38.0 Å². The fourth-order valence-corrected chi connectivity index (χ4v) is 3.84. The minimum atomic E-state index is -4.24. The Morgan fingerprint density at radius 3 is 2.50 bits per heavy atom. The molecule has 0 spiro atoms. The number of halogens is 3. The molecule has 1 amide bonds. The summed E-state index contributed by atoms with van der Waals surface area (Å²) in [6.07, 6.45) is -1.68. The molecule has 1 aromatic heterocycles. The molecule has 1 aliphatic rings. The molecule has 1 aromatic carbocycles. The SMILES string of the molecule is COc1cc2ncn(CCCC(=O)N3CCCN(CC(F)(F)F)CC3)c(=O)c2cc1OC. The third kappa shape index (κ3) is 5.90. The normalized spacial score (nSPS) is 15.6. The minimum Gasteiger partial charge on any atom is -0.493 e. The second kappa shape index (κ2) is 10.2. The summed E-state index contributed by atoms with van der Waals surface area (Å²) in [5, 5.41) is 0.383.